The molecule has 0 aliphatic heterocycles. The highest BCUT2D eigenvalue weighted by Crippen LogP contribution is 2.28. The summed E-state index contributed by atoms with van der Waals surface area (Å²) in [6.45, 7) is 0.505. The zero-order valence-corrected chi connectivity index (χ0v) is 11.0. The highest BCUT2D eigenvalue weighted by Gasteiger charge is 2.15. The van der Waals surface area contributed by atoms with Gasteiger partial charge in [-0.25, -0.2) is 0 Å². The molecule has 2 aromatic rings. The molecule has 1 aliphatic rings. The minimum atomic E-state index is -0.558. The molecule has 0 spiro atoms. The van der Waals surface area contributed by atoms with Crippen molar-refractivity contribution in [3.63, 3.8) is 0 Å². The van der Waals surface area contributed by atoms with Crippen LogP contribution in [0.5, 0.6) is 0 Å². The number of aliphatic hydroxyl groups is 1. The van der Waals surface area contributed by atoms with Crippen molar-refractivity contribution in [2.24, 2.45) is 5.73 Å². The molecule has 0 heterocycles. The van der Waals surface area contributed by atoms with Gasteiger partial charge in [0.1, 0.15) is 6.10 Å². The first-order valence-corrected chi connectivity index (χ1v) is 6.86. The van der Waals surface area contributed by atoms with Crippen LogP contribution >= 0.6 is 0 Å². The van der Waals surface area contributed by atoms with E-state index in [1.54, 1.807) is 0 Å². The van der Waals surface area contributed by atoms with Crippen LogP contribution in [0.4, 0.5) is 0 Å². The Labute approximate surface area is 113 Å². The van der Waals surface area contributed by atoms with Gasteiger partial charge >= 0.3 is 0 Å². The molecule has 0 saturated carbocycles. The number of hydrogen-bond acceptors (Lipinski definition) is 2. The van der Waals surface area contributed by atoms with Crippen molar-refractivity contribution in [2.75, 3.05) is 0 Å². The first-order valence-electron chi connectivity index (χ1n) is 6.86. The standard InChI is InChI=1S/C17H19NO/c18-11-12-3-1-6-15(9-12)17(19)16-8-7-13-4-2-5-14(13)10-16/h1,3,6-10,17,19H,2,4-5,11,18H2. The number of rotatable bonds is 3. The van der Waals surface area contributed by atoms with Crippen molar-refractivity contribution >= 4 is 0 Å². The van der Waals surface area contributed by atoms with Gasteiger partial charge in [-0.15, -0.1) is 0 Å². The van der Waals surface area contributed by atoms with Crippen LogP contribution in [0.25, 0.3) is 0 Å². The minimum absolute atomic E-state index is 0.505. The molecular formula is C17H19NO. The molecule has 0 radical (unpaired) electrons. The molecule has 98 valence electrons. The van der Waals surface area contributed by atoms with Gasteiger partial charge in [0.25, 0.3) is 0 Å². The van der Waals surface area contributed by atoms with E-state index in [1.165, 1.54) is 24.0 Å². The van der Waals surface area contributed by atoms with Crippen molar-refractivity contribution in [3.8, 4) is 0 Å². The van der Waals surface area contributed by atoms with Crippen LogP contribution in [-0.4, -0.2) is 5.11 Å². The van der Waals surface area contributed by atoms with Gasteiger partial charge in [-0.05, 0) is 47.1 Å². The molecule has 0 aromatic heterocycles. The summed E-state index contributed by atoms with van der Waals surface area (Å²) >= 11 is 0. The summed E-state index contributed by atoms with van der Waals surface area (Å²) in [7, 11) is 0. The van der Waals surface area contributed by atoms with Crippen molar-refractivity contribution in [3.05, 3.63) is 70.3 Å². The summed E-state index contributed by atoms with van der Waals surface area (Å²) in [5.41, 5.74) is 11.4. The Morgan fingerprint density at radius 2 is 1.79 bits per heavy atom. The second-order valence-corrected chi connectivity index (χ2v) is 5.23. The lowest BCUT2D eigenvalue weighted by Gasteiger charge is -2.14. The van der Waals surface area contributed by atoms with Gasteiger partial charge in [0.2, 0.25) is 0 Å². The van der Waals surface area contributed by atoms with Gasteiger partial charge in [0.05, 0.1) is 0 Å². The fourth-order valence-electron chi connectivity index (χ4n) is 2.84. The number of aliphatic hydroxyl groups excluding tert-OH is 1. The Bertz CT molecular complexity index is 592. The van der Waals surface area contributed by atoms with Crippen LogP contribution in [0, 0.1) is 0 Å². The maximum Gasteiger partial charge on any atom is 0.104 e. The summed E-state index contributed by atoms with van der Waals surface area (Å²) in [6, 6.07) is 14.2. The number of benzene rings is 2. The quantitative estimate of drug-likeness (QED) is 0.883. The third-order valence-corrected chi connectivity index (χ3v) is 3.94. The first-order chi connectivity index (χ1) is 9.28. The molecular weight excluding hydrogens is 234 g/mol. The summed E-state index contributed by atoms with van der Waals surface area (Å²) in [4.78, 5) is 0. The molecule has 0 bridgehead atoms. The molecule has 1 unspecified atom stereocenters. The number of aryl methyl sites for hydroxylation is 2. The molecule has 1 atom stereocenters. The summed E-state index contributed by atoms with van der Waals surface area (Å²) < 4.78 is 0. The predicted molar refractivity (Wildman–Crippen MR) is 76.9 cm³/mol. The van der Waals surface area contributed by atoms with E-state index in [0.717, 1.165) is 23.1 Å². The molecule has 3 N–H and O–H groups in total. The lowest BCUT2D eigenvalue weighted by molar-refractivity contribution is 0.220. The van der Waals surface area contributed by atoms with Gasteiger partial charge in [-0.2, -0.15) is 0 Å². The maximum absolute atomic E-state index is 10.5. The summed E-state index contributed by atoms with van der Waals surface area (Å²) in [5, 5.41) is 10.5. The fraction of sp³-hybridized carbons (Fsp3) is 0.294. The van der Waals surface area contributed by atoms with Crippen LogP contribution in [-0.2, 0) is 19.4 Å². The van der Waals surface area contributed by atoms with Crippen molar-refractivity contribution < 1.29 is 5.11 Å². The smallest absolute Gasteiger partial charge is 0.104 e. The monoisotopic (exact) mass is 253 g/mol. The zero-order chi connectivity index (χ0) is 13.2. The normalized spacial score (nSPS) is 15.3. The van der Waals surface area contributed by atoms with Crippen LogP contribution < -0.4 is 5.73 Å². The predicted octanol–water partition coefficient (Wildman–Crippen LogP) is 2.72. The van der Waals surface area contributed by atoms with E-state index in [9.17, 15) is 5.11 Å². The van der Waals surface area contributed by atoms with E-state index in [2.05, 4.69) is 12.1 Å². The van der Waals surface area contributed by atoms with Crippen molar-refractivity contribution in [1.82, 2.24) is 0 Å². The number of hydrogen-bond donors (Lipinski definition) is 2. The highest BCUT2D eigenvalue weighted by molar-refractivity contribution is 5.39. The van der Waals surface area contributed by atoms with Gasteiger partial charge in [-0.3, -0.25) is 0 Å². The summed E-state index contributed by atoms with van der Waals surface area (Å²) in [6.07, 6.45) is 2.99. The van der Waals surface area contributed by atoms with Crippen LogP contribution in [0.1, 0.15) is 40.3 Å². The average molecular weight is 253 g/mol. The van der Waals surface area contributed by atoms with Gasteiger partial charge in [0, 0.05) is 6.54 Å². The number of fused-ring (bicyclic) bond motifs is 1. The molecule has 19 heavy (non-hydrogen) atoms. The van der Waals surface area contributed by atoms with Gasteiger partial charge < -0.3 is 10.8 Å². The van der Waals surface area contributed by atoms with Gasteiger partial charge in [-0.1, -0.05) is 42.5 Å². The Balaban J connectivity index is 1.92. The van der Waals surface area contributed by atoms with Crippen LogP contribution in [0.2, 0.25) is 0 Å². The third-order valence-electron chi connectivity index (χ3n) is 3.94. The fourth-order valence-corrected chi connectivity index (χ4v) is 2.84. The Morgan fingerprint density at radius 1 is 1.00 bits per heavy atom. The third kappa shape index (κ3) is 2.42. The van der Waals surface area contributed by atoms with Crippen LogP contribution in [0.15, 0.2) is 42.5 Å². The highest BCUT2D eigenvalue weighted by atomic mass is 16.3. The first kappa shape index (κ1) is 12.4. The van der Waals surface area contributed by atoms with Gasteiger partial charge in [0.15, 0.2) is 0 Å². The molecule has 0 saturated heterocycles. The average Bonchev–Trinajstić information content (AvgIpc) is 2.94. The van der Waals surface area contributed by atoms with E-state index >= 15 is 0 Å². The zero-order valence-electron chi connectivity index (χ0n) is 11.0. The Hall–Kier alpha value is -1.64. The molecule has 0 amide bonds. The number of nitrogens with two attached hydrogens (primary N) is 1. The maximum atomic E-state index is 10.5. The summed E-state index contributed by atoms with van der Waals surface area (Å²) in [5.74, 6) is 0. The van der Waals surface area contributed by atoms with E-state index in [0.29, 0.717) is 6.54 Å². The lowest BCUT2D eigenvalue weighted by atomic mass is 9.97. The minimum Gasteiger partial charge on any atom is -0.384 e. The van der Waals surface area contributed by atoms with Crippen molar-refractivity contribution in [2.45, 2.75) is 31.9 Å². The SMILES string of the molecule is NCc1cccc(C(O)c2ccc3c(c2)CCC3)c1. The lowest BCUT2D eigenvalue weighted by Crippen LogP contribution is -2.03. The molecule has 2 aromatic carbocycles. The van der Waals surface area contributed by atoms with E-state index in [-0.39, 0.29) is 0 Å². The largest absolute Gasteiger partial charge is 0.384 e. The van der Waals surface area contributed by atoms with E-state index in [4.69, 9.17) is 5.73 Å². The molecule has 1 aliphatic carbocycles. The second-order valence-electron chi connectivity index (χ2n) is 5.23. The topological polar surface area (TPSA) is 46.2 Å². The molecule has 2 heteroatoms. The van der Waals surface area contributed by atoms with Crippen molar-refractivity contribution in [1.29, 1.82) is 0 Å². The van der Waals surface area contributed by atoms with E-state index < -0.39 is 6.10 Å². The Kier molecular flexibility index (Phi) is 3.36. The molecule has 2 nitrogen and oxygen atoms in total. The van der Waals surface area contributed by atoms with E-state index in [1.807, 2.05) is 30.3 Å². The molecule has 3 rings (SSSR count). The Morgan fingerprint density at radius 3 is 2.63 bits per heavy atom. The molecule has 0 fully saturated rings. The second kappa shape index (κ2) is 5.16. The van der Waals surface area contributed by atoms with Crippen LogP contribution in [0.3, 0.4) is 0 Å².